The van der Waals surface area contributed by atoms with E-state index in [0.717, 1.165) is 32.0 Å². The van der Waals surface area contributed by atoms with Gasteiger partial charge in [-0.1, -0.05) is 0 Å². The first kappa shape index (κ1) is 21.6. The van der Waals surface area contributed by atoms with Gasteiger partial charge < -0.3 is 19.4 Å². The van der Waals surface area contributed by atoms with Gasteiger partial charge in [-0.3, -0.25) is 24.7 Å². The van der Waals surface area contributed by atoms with E-state index < -0.39 is 17.1 Å². The van der Waals surface area contributed by atoms with Crippen LogP contribution in [0.15, 0.2) is 34.9 Å². The third kappa shape index (κ3) is 4.97. The maximum atomic E-state index is 12.1. The molecule has 2 aromatic rings. The topological polar surface area (TPSA) is 134 Å². The summed E-state index contributed by atoms with van der Waals surface area (Å²) in [6.07, 6.45) is 0.794. The highest BCUT2D eigenvalue weighted by Crippen LogP contribution is 2.24. The lowest BCUT2D eigenvalue weighted by molar-refractivity contribution is -0.402. The summed E-state index contributed by atoms with van der Waals surface area (Å²) in [7, 11) is 0. The van der Waals surface area contributed by atoms with Crippen molar-refractivity contribution in [2.75, 3.05) is 49.1 Å². The number of nitro groups is 1. The molecule has 2 fully saturated rings. The Morgan fingerprint density at radius 2 is 2.03 bits per heavy atom. The molecule has 4 rings (SSSR count). The van der Waals surface area contributed by atoms with Gasteiger partial charge in [0.2, 0.25) is 5.91 Å². The van der Waals surface area contributed by atoms with Gasteiger partial charge in [-0.2, -0.15) is 0 Å². The fourth-order valence-electron chi connectivity index (χ4n) is 3.73. The molecule has 2 aromatic heterocycles. The Hall–Kier alpha value is -3.67. The Morgan fingerprint density at radius 3 is 2.66 bits per heavy atom. The average molecular weight is 444 g/mol. The smallest absolute Gasteiger partial charge is 0.433 e. The molecule has 12 heteroatoms. The zero-order valence-electron chi connectivity index (χ0n) is 17.6. The van der Waals surface area contributed by atoms with Crippen molar-refractivity contribution in [1.82, 2.24) is 15.2 Å². The summed E-state index contributed by atoms with van der Waals surface area (Å²) in [5.41, 5.74) is 0.641. The van der Waals surface area contributed by atoms with Gasteiger partial charge in [0.05, 0.1) is 37.6 Å². The molecule has 0 unspecified atom stereocenters. The van der Waals surface area contributed by atoms with Crippen LogP contribution >= 0.6 is 0 Å². The maximum Gasteiger partial charge on any atom is 0.433 e. The molecule has 0 spiro atoms. The van der Waals surface area contributed by atoms with Crippen molar-refractivity contribution in [2.45, 2.75) is 19.6 Å². The molecule has 1 atom stereocenters. The van der Waals surface area contributed by atoms with Crippen LogP contribution in [0.1, 0.15) is 12.7 Å². The lowest BCUT2D eigenvalue weighted by Crippen LogP contribution is -2.46. The van der Waals surface area contributed by atoms with E-state index in [1.807, 2.05) is 12.1 Å². The van der Waals surface area contributed by atoms with E-state index in [4.69, 9.17) is 9.15 Å². The van der Waals surface area contributed by atoms with Gasteiger partial charge in [0, 0.05) is 33.1 Å². The van der Waals surface area contributed by atoms with Crippen molar-refractivity contribution in [2.24, 2.45) is 0 Å². The molecule has 1 N–H and O–H groups in total. The van der Waals surface area contributed by atoms with E-state index in [0.29, 0.717) is 24.5 Å². The monoisotopic (exact) mass is 444 g/mol. The molecule has 0 radical (unpaired) electrons. The predicted octanol–water partition coefficient (Wildman–Crippen LogP) is 1.37. The van der Waals surface area contributed by atoms with Crippen molar-refractivity contribution in [3.63, 3.8) is 0 Å². The van der Waals surface area contributed by atoms with Crippen LogP contribution in [0.5, 0.6) is 0 Å². The Balaban J connectivity index is 1.29. The van der Waals surface area contributed by atoms with Crippen molar-refractivity contribution in [3.8, 4) is 0 Å². The van der Waals surface area contributed by atoms with E-state index >= 15 is 0 Å². The summed E-state index contributed by atoms with van der Waals surface area (Å²) in [4.78, 5) is 43.7. The zero-order chi connectivity index (χ0) is 22.7. The number of pyridine rings is 1. The quantitative estimate of drug-likeness (QED) is 0.496. The molecule has 12 nitrogen and oxygen atoms in total. The minimum Gasteiger partial charge on any atom is -0.442 e. The predicted molar refractivity (Wildman–Crippen MR) is 113 cm³/mol. The van der Waals surface area contributed by atoms with Gasteiger partial charge in [0.15, 0.2) is 0 Å². The van der Waals surface area contributed by atoms with Gasteiger partial charge in [0.1, 0.15) is 22.6 Å². The number of furan rings is 1. The summed E-state index contributed by atoms with van der Waals surface area (Å²) in [5.74, 6) is 0.966. The van der Waals surface area contributed by atoms with Crippen LogP contribution in [-0.2, 0) is 16.1 Å². The average Bonchev–Trinajstić information content (AvgIpc) is 3.40. The van der Waals surface area contributed by atoms with Crippen LogP contribution in [0.25, 0.3) is 0 Å². The molecule has 2 aliphatic heterocycles. The van der Waals surface area contributed by atoms with Crippen molar-refractivity contribution >= 4 is 29.4 Å². The van der Waals surface area contributed by atoms with E-state index in [9.17, 15) is 19.7 Å². The fourth-order valence-corrected chi connectivity index (χ4v) is 3.73. The molecular weight excluding hydrogens is 420 g/mol. The molecule has 2 aliphatic rings. The van der Waals surface area contributed by atoms with Crippen molar-refractivity contribution in [1.29, 1.82) is 0 Å². The molecule has 32 heavy (non-hydrogen) atoms. The fraction of sp³-hybridized carbons (Fsp3) is 0.450. The number of piperazine rings is 1. The summed E-state index contributed by atoms with van der Waals surface area (Å²) >= 11 is 0. The number of ether oxygens (including phenoxy) is 1. The number of nitrogens with zero attached hydrogens (tertiary/aromatic N) is 5. The third-order valence-corrected chi connectivity index (χ3v) is 5.40. The highest BCUT2D eigenvalue weighted by atomic mass is 16.6. The summed E-state index contributed by atoms with van der Waals surface area (Å²) in [6.45, 7) is 5.59. The van der Waals surface area contributed by atoms with Crippen LogP contribution in [0.2, 0.25) is 0 Å². The Labute approximate surface area is 183 Å². The number of carbonyl (C=O) groups is 2. The summed E-state index contributed by atoms with van der Waals surface area (Å²) < 4.78 is 10.5. The number of cyclic esters (lactones) is 1. The van der Waals surface area contributed by atoms with Gasteiger partial charge in [-0.15, -0.1) is 0 Å². The number of amides is 2. The molecule has 2 amide bonds. The van der Waals surface area contributed by atoms with Gasteiger partial charge in [0.25, 0.3) is 0 Å². The van der Waals surface area contributed by atoms with Crippen LogP contribution in [0.4, 0.5) is 22.2 Å². The first-order valence-corrected chi connectivity index (χ1v) is 10.3. The molecule has 170 valence electrons. The molecule has 2 saturated heterocycles. The highest BCUT2D eigenvalue weighted by molar-refractivity contribution is 5.89. The summed E-state index contributed by atoms with van der Waals surface area (Å²) in [6, 6.07) is 6.71. The molecule has 0 bridgehead atoms. The molecule has 0 aromatic carbocycles. The Bertz CT molecular complexity index is 985. The van der Waals surface area contributed by atoms with Gasteiger partial charge >= 0.3 is 12.0 Å². The Morgan fingerprint density at radius 1 is 1.25 bits per heavy atom. The van der Waals surface area contributed by atoms with Crippen LogP contribution in [-0.4, -0.2) is 72.2 Å². The zero-order valence-corrected chi connectivity index (χ0v) is 17.6. The molecular formula is C20H24N6O6. The molecule has 0 saturated carbocycles. The Kier molecular flexibility index (Phi) is 6.21. The standard InChI is InChI=1S/C20H24N6O6/c1-14(27)21-11-17-13-25(20(28)32-17)15-2-4-18(22-10-15)24-8-6-23(7-9-24)12-16-3-5-19(31-16)26(29)30/h2-5,10,17H,6-9,11-13H2,1H3,(H,21,27)/t17-/m0/s1. The first-order chi connectivity index (χ1) is 15.4. The number of carbonyl (C=O) groups excluding carboxylic acids is 2. The van der Waals surface area contributed by atoms with E-state index in [-0.39, 0.29) is 18.3 Å². The third-order valence-electron chi connectivity index (χ3n) is 5.40. The second kappa shape index (κ2) is 9.22. The minimum atomic E-state index is -0.540. The number of hydrogen-bond donors (Lipinski definition) is 1. The lowest BCUT2D eigenvalue weighted by Gasteiger charge is -2.35. The van der Waals surface area contributed by atoms with Gasteiger partial charge in [-0.25, -0.2) is 9.78 Å². The van der Waals surface area contributed by atoms with Gasteiger partial charge in [-0.05, 0) is 18.2 Å². The number of rotatable bonds is 7. The van der Waals surface area contributed by atoms with E-state index in [1.165, 1.54) is 17.9 Å². The second-order valence-electron chi connectivity index (χ2n) is 7.69. The van der Waals surface area contributed by atoms with Crippen LogP contribution < -0.4 is 15.1 Å². The van der Waals surface area contributed by atoms with Crippen LogP contribution in [0, 0.1) is 10.1 Å². The van der Waals surface area contributed by atoms with E-state index in [2.05, 4.69) is 20.1 Å². The van der Waals surface area contributed by atoms with Crippen molar-refractivity contribution < 1.29 is 23.7 Å². The second-order valence-corrected chi connectivity index (χ2v) is 7.69. The number of aromatic nitrogens is 1. The minimum absolute atomic E-state index is 0.170. The van der Waals surface area contributed by atoms with Crippen molar-refractivity contribution in [3.05, 3.63) is 46.3 Å². The van der Waals surface area contributed by atoms with Crippen LogP contribution in [0.3, 0.4) is 0 Å². The molecule has 0 aliphatic carbocycles. The molecule has 4 heterocycles. The maximum absolute atomic E-state index is 12.1. The number of hydrogen-bond acceptors (Lipinski definition) is 9. The normalized spacial score (nSPS) is 19.2. The first-order valence-electron chi connectivity index (χ1n) is 10.3. The summed E-state index contributed by atoms with van der Waals surface area (Å²) in [5, 5.41) is 13.4. The van der Waals surface area contributed by atoms with E-state index in [1.54, 1.807) is 12.3 Å². The number of nitrogens with one attached hydrogen (secondary N) is 1. The lowest BCUT2D eigenvalue weighted by atomic mass is 10.2. The number of anilines is 2. The SMILES string of the molecule is CC(=O)NC[C@H]1CN(c2ccc(N3CCN(Cc4ccc([N+](=O)[O-])o4)CC3)nc2)C(=O)O1. The highest BCUT2D eigenvalue weighted by Gasteiger charge is 2.32. The largest absolute Gasteiger partial charge is 0.442 e.